The van der Waals surface area contributed by atoms with Crippen LogP contribution < -0.4 is 11.2 Å². The normalized spacial score (nSPS) is 10.2. The fourth-order valence-electron chi connectivity index (χ4n) is 1.16. The predicted molar refractivity (Wildman–Crippen MR) is 53.2 cm³/mol. The van der Waals surface area contributed by atoms with Crippen LogP contribution in [0.1, 0.15) is 30.1 Å². The number of carboxylic acids is 1. The Morgan fingerprint density at radius 2 is 2.20 bits per heavy atom. The van der Waals surface area contributed by atoms with Crippen molar-refractivity contribution in [1.82, 2.24) is 9.55 Å². The van der Waals surface area contributed by atoms with Gasteiger partial charge >= 0.3 is 11.7 Å². The van der Waals surface area contributed by atoms with E-state index in [-0.39, 0.29) is 0 Å². The highest BCUT2D eigenvalue weighted by molar-refractivity contribution is 5.86. The van der Waals surface area contributed by atoms with Gasteiger partial charge in [0.15, 0.2) is 0 Å². The SMILES string of the molecule is CCCCn1cc(C(=O)O)c(=O)[nH]c1=O. The maximum absolute atomic E-state index is 11.2. The van der Waals surface area contributed by atoms with E-state index >= 15 is 0 Å². The minimum atomic E-state index is -1.33. The molecule has 0 aromatic carbocycles. The van der Waals surface area contributed by atoms with Crippen LogP contribution in [0.25, 0.3) is 0 Å². The van der Waals surface area contributed by atoms with Gasteiger partial charge in [0.2, 0.25) is 0 Å². The Bertz CT molecular complexity index is 472. The van der Waals surface area contributed by atoms with Gasteiger partial charge in [-0.25, -0.2) is 9.59 Å². The molecular formula is C9H12N2O4. The number of hydrogen-bond donors (Lipinski definition) is 2. The van der Waals surface area contributed by atoms with Crippen molar-refractivity contribution in [3.63, 3.8) is 0 Å². The molecule has 0 aliphatic heterocycles. The van der Waals surface area contributed by atoms with Crippen molar-refractivity contribution in [3.8, 4) is 0 Å². The second-order valence-corrected chi connectivity index (χ2v) is 3.15. The number of aromatic nitrogens is 2. The summed E-state index contributed by atoms with van der Waals surface area (Å²) < 4.78 is 1.20. The van der Waals surface area contributed by atoms with Crippen molar-refractivity contribution in [3.05, 3.63) is 32.6 Å². The van der Waals surface area contributed by atoms with E-state index in [2.05, 4.69) is 0 Å². The van der Waals surface area contributed by atoms with E-state index in [0.717, 1.165) is 19.0 Å². The maximum atomic E-state index is 11.2. The number of H-pyrrole nitrogens is 1. The Kier molecular flexibility index (Phi) is 3.43. The molecule has 0 unspecified atom stereocenters. The lowest BCUT2D eigenvalue weighted by Gasteiger charge is -2.03. The molecule has 1 heterocycles. The average Bonchev–Trinajstić information content (AvgIpc) is 2.16. The van der Waals surface area contributed by atoms with Gasteiger partial charge < -0.3 is 5.11 Å². The summed E-state index contributed by atoms with van der Waals surface area (Å²) >= 11 is 0. The van der Waals surface area contributed by atoms with E-state index in [4.69, 9.17) is 5.11 Å². The van der Waals surface area contributed by atoms with E-state index in [9.17, 15) is 14.4 Å². The van der Waals surface area contributed by atoms with Gasteiger partial charge in [0.05, 0.1) is 0 Å². The number of rotatable bonds is 4. The zero-order valence-corrected chi connectivity index (χ0v) is 8.32. The average molecular weight is 212 g/mol. The number of nitrogens with zero attached hydrogens (tertiary/aromatic N) is 1. The third kappa shape index (κ3) is 2.55. The van der Waals surface area contributed by atoms with Gasteiger partial charge in [-0.3, -0.25) is 14.3 Å². The van der Waals surface area contributed by atoms with Crippen LogP contribution >= 0.6 is 0 Å². The van der Waals surface area contributed by atoms with Crippen LogP contribution in [-0.2, 0) is 6.54 Å². The van der Waals surface area contributed by atoms with Crippen LogP contribution in [0.5, 0.6) is 0 Å². The van der Waals surface area contributed by atoms with E-state index < -0.39 is 22.8 Å². The maximum Gasteiger partial charge on any atom is 0.342 e. The molecule has 15 heavy (non-hydrogen) atoms. The van der Waals surface area contributed by atoms with Crippen LogP contribution in [0.2, 0.25) is 0 Å². The molecule has 0 saturated heterocycles. The standard InChI is InChI=1S/C9H12N2O4/c1-2-3-4-11-5-6(8(13)14)7(12)10-9(11)15/h5H,2-4H2,1H3,(H,13,14)(H,10,12,15). The number of unbranched alkanes of at least 4 members (excludes halogenated alkanes) is 1. The molecule has 2 N–H and O–H groups in total. The third-order valence-corrected chi connectivity index (χ3v) is 1.99. The van der Waals surface area contributed by atoms with E-state index in [1.54, 1.807) is 0 Å². The second kappa shape index (κ2) is 4.59. The molecule has 1 rings (SSSR count). The Labute approximate surface area is 85.2 Å². The molecule has 0 bridgehead atoms. The quantitative estimate of drug-likeness (QED) is 0.736. The van der Waals surface area contributed by atoms with Crippen molar-refractivity contribution < 1.29 is 9.90 Å². The van der Waals surface area contributed by atoms with Gasteiger partial charge in [-0.2, -0.15) is 0 Å². The van der Waals surface area contributed by atoms with Gasteiger partial charge in [-0.1, -0.05) is 13.3 Å². The van der Waals surface area contributed by atoms with Gasteiger partial charge in [0.1, 0.15) is 5.56 Å². The number of carbonyl (C=O) groups is 1. The highest BCUT2D eigenvalue weighted by atomic mass is 16.4. The van der Waals surface area contributed by atoms with E-state index in [1.165, 1.54) is 4.57 Å². The first kappa shape index (κ1) is 11.2. The molecule has 6 nitrogen and oxygen atoms in total. The third-order valence-electron chi connectivity index (χ3n) is 1.99. The first-order valence-corrected chi connectivity index (χ1v) is 4.63. The van der Waals surface area contributed by atoms with Crippen LogP contribution in [0.4, 0.5) is 0 Å². The molecule has 82 valence electrons. The summed E-state index contributed by atoms with van der Waals surface area (Å²) in [6.45, 7) is 2.36. The number of hydrogen-bond acceptors (Lipinski definition) is 3. The minimum Gasteiger partial charge on any atom is -0.477 e. The Morgan fingerprint density at radius 1 is 1.53 bits per heavy atom. The van der Waals surface area contributed by atoms with Crippen LogP contribution in [0, 0.1) is 0 Å². The second-order valence-electron chi connectivity index (χ2n) is 3.15. The summed E-state index contributed by atoms with van der Waals surface area (Å²) in [5.74, 6) is -1.33. The Balaban J connectivity index is 3.18. The van der Waals surface area contributed by atoms with Crippen molar-refractivity contribution >= 4 is 5.97 Å². The lowest BCUT2D eigenvalue weighted by molar-refractivity contribution is 0.0693. The molecule has 0 aliphatic rings. The largest absolute Gasteiger partial charge is 0.477 e. The van der Waals surface area contributed by atoms with Crippen LogP contribution in [0.3, 0.4) is 0 Å². The molecule has 0 amide bonds. The summed E-state index contributed by atoms with van der Waals surface area (Å²) in [5.41, 5.74) is -1.84. The Hall–Kier alpha value is -1.85. The first-order valence-electron chi connectivity index (χ1n) is 4.63. The molecule has 0 spiro atoms. The van der Waals surface area contributed by atoms with E-state index in [0.29, 0.717) is 6.54 Å². The monoisotopic (exact) mass is 212 g/mol. The van der Waals surface area contributed by atoms with Gasteiger partial charge in [-0.15, -0.1) is 0 Å². The Morgan fingerprint density at radius 3 is 2.73 bits per heavy atom. The molecule has 6 heteroatoms. The molecule has 0 radical (unpaired) electrons. The minimum absolute atomic E-state index is 0.409. The van der Waals surface area contributed by atoms with Gasteiger partial charge in [0, 0.05) is 12.7 Å². The first-order chi connectivity index (χ1) is 7.06. The number of aromatic amines is 1. The zero-order valence-electron chi connectivity index (χ0n) is 8.32. The summed E-state index contributed by atoms with van der Waals surface area (Å²) in [4.78, 5) is 34.9. The van der Waals surface area contributed by atoms with Crippen molar-refractivity contribution in [1.29, 1.82) is 0 Å². The molecule has 0 atom stereocenters. The van der Waals surface area contributed by atoms with Crippen LogP contribution in [-0.4, -0.2) is 20.6 Å². The fourth-order valence-corrected chi connectivity index (χ4v) is 1.16. The molecule has 0 saturated carbocycles. The topological polar surface area (TPSA) is 92.2 Å². The van der Waals surface area contributed by atoms with E-state index in [1.807, 2.05) is 11.9 Å². The zero-order chi connectivity index (χ0) is 11.4. The summed E-state index contributed by atoms with van der Waals surface area (Å²) in [7, 11) is 0. The summed E-state index contributed by atoms with van der Waals surface area (Å²) in [6.07, 6.45) is 2.72. The predicted octanol–water partition coefficient (Wildman–Crippen LogP) is 0.0349. The highest BCUT2D eigenvalue weighted by Gasteiger charge is 2.10. The fraction of sp³-hybridized carbons (Fsp3) is 0.444. The highest BCUT2D eigenvalue weighted by Crippen LogP contribution is 1.92. The summed E-state index contributed by atoms with van der Waals surface area (Å²) in [5, 5.41) is 8.67. The molecule has 0 aliphatic carbocycles. The van der Waals surface area contributed by atoms with Crippen molar-refractivity contribution in [2.45, 2.75) is 26.3 Å². The van der Waals surface area contributed by atoms with Crippen molar-refractivity contribution in [2.75, 3.05) is 0 Å². The summed E-state index contributed by atoms with van der Waals surface area (Å²) in [6, 6.07) is 0. The van der Waals surface area contributed by atoms with Crippen molar-refractivity contribution in [2.24, 2.45) is 0 Å². The van der Waals surface area contributed by atoms with Gasteiger partial charge in [-0.05, 0) is 6.42 Å². The van der Waals surface area contributed by atoms with Crippen LogP contribution in [0.15, 0.2) is 15.8 Å². The number of aryl methyl sites for hydroxylation is 1. The number of carboxylic acid groups (broad SMARTS) is 1. The molecular weight excluding hydrogens is 200 g/mol. The smallest absolute Gasteiger partial charge is 0.342 e. The number of nitrogens with one attached hydrogen (secondary N) is 1. The molecule has 1 aromatic rings. The lowest BCUT2D eigenvalue weighted by atomic mass is 10.3. The molecule has 1 aromatic heterocycles. The molecule has 0 fully saturated rings. The lowest BCUT2D eigenvalue weighted by Crippen LogP contribution is -2.33. The van der Waals surface area contributed by atoms with Gasteiger partial charge in [0.25, 0.3) is 5.56 Å². The number of aromatic carboxylic acids is 1.